The molecule has 2 heterocycles. The Labute approximate surface area is 103 Å². The van der Waals surface area contributed by atoms with E-state index >= 15 is 0 Å². The van der Waals surface area contributed by atoms with Crippen LogP contribution in [0.5, 0.6) is 0 Å². The number of rotatable bonds is 2. The van der Waals surface area contributed by atoms with Crippen LogP contribution in [0.4, 0.5) is 0 Å². The topological polar surface area (TPSA) is 37.8 Å². The molecule has 0 aliphatic carbocycles. The Morgan fingerprint density at radius 1 is 1.20 bits per heavy atom. The number of nitrogens with zero attached hydrogens (tertiary/aromatic N) is 2. The maximum absolute atomic E-state index is 5.81. The van der Waals surface area contributed by atoms with Gasteiger partial charge >= 0.3 is 0 Å². The van der Waals surface area contributed by atoms with Crippen LogP contribution >= 0.6 is 35.0 Å². The van der Waals surface area contributed by atoms with E-state index in [4.69, 9.17) is 23.2 Å². The molecule has 2 rings (SSSR count). The monoisotopic (exact) mass is 263 g/mol. The van der Waals surface area contributed by atoms with Gasteiger partial charge in [0.25, 0.3) is 0 Å². The lowest BCUT2D eigenvalue weighted by Crippen LogP contribution is -2.29. The molecule has 0 radical (unpaired) electrons. The number of hydrogen-bond donors (Lipinski definition) is 1. The summed E-state index contributed by atoms with van der Waals surface area (Å²) in [5.74, 6) is 0. The second kappa shape index (κ2) is 5.34. The molecule has 1 N–H and O–H groups in total. The summed E-state index contributed by atoms with van der Waals surface area (Å²) in [5, 5.41) is 5.38. The van der Waals surface area contributed by atoms with Crippen LogP contribution in [0.2, 0.25) is 10.3 Å². The third-order valence-corrected chi connectivity index (χ3v) is 3.79. The minimum absolute atomic E-state index is 0.409. The lowest BCUT2D eigenvalue weighted by Gasteiger charge is -2.21. The van der Waals surface area contributed by atoms with Gasteiger partial charge in [-0.1, -0.05) is 35.0 Å². The zero-order chi connectivity index (χ0) is 10.7. The number of nitrogens with one attached hydrogen (secondary N) is 1. The molecule has 6 heteroatoms. The van der Waals surface area contributed by atoms with Crippen molar-refractivity contribution >= 4 is 35.0 Å². The van der Waals surface area contributed by atoms with Gasteiger partial charge in [-0.25, -0.2) is 9.97 Å². The van der Waals surface area contributed by atoms with Crippen LogP contribution in [0.25, 0.3) is 0 Å². The molecule has 1 aromatic heterocycles. The van der Waals surface area contributed by atoms with Crippen LogP contribution in [0, 0.1) is 0 Å². The quantitative estimate of drug-likeness (QED) is 0.658. The second-order valence-electron chi connectivity index (χ2n) is 3.36. The van der Waals surface area contributed by atoms with Gasteiger partial charge in [0.2, 0.25) is 0 Å². The molecular formula is C9H11Cl2N3S. The van der Waals surface area contributed by atoms with Crippen molar-refractivity contribution in [2.75, 3.05) is 13.1 Å². The maximum atomic E-state index is 5.81. The van der Waals surface area contributed by atoms with Crippen LogP contribution in [0.3, 0.4) is 0 Å². The first-order valence-corrected chi connectivity index (χ1v) is 6.45. The fraction of sp³-hybridized carbons (Fsp3) is 0.556. The molecule has 1 aliphatic heterocycles. The standard InChI is InChI=1S/C9H11Cl2N3S/c10-7-5-8(11)14-9(13-7)15-6-1-3-12-4-2-6/h5-6,12H,1-4H2. The minimum Gasteiger partial charge on any atom is -0.317 e. The van der Waals surface area contributed by atoms with Crippen molar-refractivity contribution in [2.24, 2.45) is 0 Å². The Balaban J connectivity index is 2.02. The summed E-state index contributed by atoms with van der Waals surface area (Å²) in [5.41, 5.74) is 0. The van der Waals surface area contributed by atoms with Gasteiger partial charge in [-0.05, 0) is 25.9 Å². The Morgan fingerprint density at radius 2 is 1.80 bits per heavy atom. The molecule has 1 fully saturated rings. The molecule has 0 bridgehead atoms. The number of aromatic nitrogens is 2. The molecule has 0 saturated carbocycles. The van der Waals surface area contributed by atoms with Gasteiger partial charge < -0.3 is 5.32 Å². The first-order chi connectivity index (χ1) is 7.24. The highest BCUT2D eigenvalue weighted by Crippen LogP contribution is 2.27. The number of piperidine rings is 1. The number of thioether (sulfide) groups is 1. The van der Waals surface area contributed by atoms with Gasteiger partial charge in [0.15, 0.2) is 5.16 Å². The lowest BCUT2D eigenvalue weighted by molar-refractivity contribution is 0.531. The van der Waals surface area contributed by atoms with Gasteiger partial charge in [-0.2, -0.15) is 0 Å². The largest absolute Gasteiger partial charge is 0.317 e. The SMILES string of the molecule is Clc1cc(Cl)nc(SC2CCNCC2)n1. The molecule has 0 spiro atoms. The number of halogens is 2. The van der Waals surface area contributed by atoms with Crippen LogP contribution < -0.4 is 5.32 Å². The molecule has 0 aromatic carbocycles. The summed E-state index contributed by atoms with van der Waals surface area (Å²) in [6.07, 6.45) is 2.27. The molecule has 0 amide bonds. The van der Waals surface area contributed by atoms with Crippen LogP contribution in [-0.2, 0) is 0 Å². The molecule has 0 atom stereocenters. The van der Waals surface area contributed by atoms with Gasteiger partial charge in [0, 0.05) is 11.3 Å². The molecular weight excluding hydrogens is 253 g/mol. The Kier molecular flexibility index (Phi) is 4.08. The highest BCUT2D eigenvalue weighted by Gasteiger charge is 2.16. The van der Waals surface area contributed by atoms with Gasteiger partial charge in [0.05, 0.1) is 0 Å². The van der Waals surface area contributed by atoms with E-state index in [9.17, 15) is 0 Å². The Morgan fingerprint density at radius 3 is 2.40 bits per heavy atom. The normalized spacial score (nSPS) is 18.0. The first kappa shape index (κ1) is 11.5. The molecule has 3 nitrogen and oxygen atoms in total. The molecule has 1 aromatic rings. The van der Waals surface area contributed by atoms with Gasteiger partial charge in [0.1, 0.15) is 10.3 Å². The highest BCUT2D eigenvalue weighted by molar-refractivity contribution is 7.99. The first-order valence-electron chi connectivity index (χ1n) is 4.81. The van der Waals surface area contributed by atoms with Crippen LogP contribution in [-0.4, -0.2) is 28.3 Å². The summed E-state index contributed by atoms with van der Waals surface area (Å²) in [4.78, 5) is 8.28. The fourth-order valence-electron chi connectivity index (χ4n) is 1.49. The van der Waals surface area contributed by atoms with E-state index in [1.807, 2.05) is 0 Å². The van der Waals surface area contributed by atoms with Crippen molar-refractivity contribution < 1.29 is 0 Å². The van der Waals surface area contributed by atoms with Crippen LogP contribution in [0.15, 0.2) is 11.2 Å². The average molecular weight is 264 g/mol. The van der Waals surface area contributed by atoms with E-state index < -0.39 is 0 Å². The highest BCUT2D eigenvalue weighted by atomic mass is 35.5. The van der Waals surface area contributed by atoms with Crippen molar-refractivity contribution in [3.05, 3.63) is 16.4 Å². The van der Waals surface area contributed by atoms with E-state index in [0.29, 0.717) is 20.7 Å². The summed E-state index contributed by atoms with van der Waals surface area (Å²) < 4.78 is 0. The minimum atomic E-state index is 0.409. The zero-order valence-corrected chi connectivity index (χ0v) is 10.4. The zero-order valence-electron chi connectivity index (χ0n) is 8.04. The summed E-state index contributed by atoms with van der Waals surface area (Å²) >= 11 is 13.3. The van der Waals surface area contributed by atoms with Crippen molar-refractivity contribution in [1.29, 1.82) is 0 Å². The van der Waals surface area contributed by atoms with E-state index in [1.165, 1.54) is 0 Å². The Bertz CT molecular complexity index is 322. The molecule has 1 saturated heterocycles. The van der Waals surface area contributed by atoms with Crippen molar-refractivity contribution in [2.45, 2.75) is 23.2 Å². The molecule has 1 aliphatic rings. The summed E-state index contributed by atoms with van der Waals surface area (Å²) in [7, 11) is 0. The van der Waals surface area contributed by atoms with Crippen molar-refractivity contribution in [1.82, 2.24) is 15.3 Å². The molecule has 15 heavy (non-hydrogen) atoms. The number of hydrogen-bond acceptors (Lipinski definition) is 4. The lowest BCUT2D eigenvalue weighted by atomic mass is 10.2. The van der Waals surface area contributed by atoms with E-state index in [-0.39, 0.29) is 0 Å². The van der Waals surface area contributed by atoms with E-state index in [0.717, 1.165) is 25.9 Å². The Hall–Kier alpha value is -0.0300. The molecule has 82 valence electrons. The van der Waals surface area contributed by atoms with Crippen molar-refractivity contribution in [3.63, 3.8) is 0 Å². The fourth-order valence-corrected chi connectivity index (χ4v) is 3.08. The average Bonchev–Trinajstić information content (AvgIpc) is 2.17. The summed E-state index contributed by atoms with van der Waals surface area (Å²) in [6, 6.07) is 1.55. The van der Waals surface area contributed by atoms with Crippen LogP contribution in [0.1, 0.15) is 12.8 Å². The van der Waals surface area contributed by atoms with Gasteiger partial charge in [-0.3, -0.25) is 0 Å². The maximum Gasteiger partial charge on any atom is 0.190 e. The van der Waals surface area contributed by atoms with Gasteiger partial charge in [-0.15, -0.1) is 0 Å². The second-order valence-corrected chi connectivity index (χ2v) is 5.41. The van der Waals surface area contributed by atoms with E-state index in [1.54, 1.807) is 17.8 Å². The summed E-state index contributed by atoms with van der Waals surface area (Å²) in [6.45, 7) is 2.12. The third kappa shape index (κ3) is 3.48. The van der Waals surface area contributed by atoms with E-state index in [2.05, 4.69) is 15.3 Å². The third-order valence-electron chi connectivity index (χ3n) is 2.20. The predicted octanol–water partition coefficient (Wildman–Crippen LogP) is 2.63. The predicted molar refractivity (Wildman–Crippen MR) is 63.8 cm³/mol. The van der Waals surface area contributed by atoms with Crippen molar-refractivity contribution in [3.8, 4) is 0 Å². The molecule has 0 unspecified atom stereocenters. The smallest absolute Gasteiger partial charge is 0.190 e.